The van der Waals surface area contributed by atoms with Gasteiger partial charge in [-0.1, -0.05) is 6.92 Å². The predicted octanol–water partition coefficient (Wildman–Crippen LogP) is 2.37. The highest BCUT2D eigenvalue weighted by molar-refractivity contribution is 14.1. The summed E-state index contributed by atoms with van der Waals surface area (Å²) in [7, 11) is 5.17. The Bertz CT molecular complexity index is 370. The Kier molecular flexibility index (Phi) is 6.07. The van der Waals surface area contributed by atoms with Crippen molar-refractivity contribution in [3.05, 3.63) is 15.1 Å². The fraction of sp³-hybridized carbons (Fsp3) is 0.636. The van der Waals surface area contributed by atoms with Crippen LogP contribution in [-0.4, -0.2) is 31.2 Å². The van der Waals surface area contributed by atoms with E-state index >= 15 is 0 Å². The second kappa shape index (κ2) is 7.07. The maximum Gasteiger partial charge on any atom is 0.159 e. The van der Waals surface area contributed by atoms with Gasteiger partial charge in [0.2, 0.25) is 0 Å². The van der Waals surface area contributed by atoms with Gasteiger partial charge in [-0.2, -0.15) is 0 Å². The number of halogens is 1. The standard InChI is InChI=1S/C11H18IN3O2/c1-5-8(17-4)10-14-7(6-16-3)9(12)11(13-2)15-10/h8H,5-6H2,1-4H3,(H,13,14,15). The van der Waals surface area contributed by atoms with Crippen molar-refractivity contribution in [1.82, 2.24) is 9.97 Å². The van der Waals surface area contributed by atoms with Gasteiger partial charge in [0.25, 0.3) is 0 Å². The molecule has 0 saturated heterocycles. The molecule has 0 amide bonds. The Morgan fingerprint density at radius 1 is 1.35 bits per heavy atom. The van der Waals surface area contributed by atoms with Crippen LogP contribution < -0.4 is 5.32 Å². The topological polar surface area (TPSA) is 56.3 Å². The van der Waals surface area contributed by atoms with E-state index in [2.05, 4.69) is 37.9 Å². The fourth-order valence-electron chi connectivity index (χ4n) is 1.51. The number of aromatic nitrogens is 2. The number of hydrogen-bond donors (Lipinski definition) is 1. The quantitative estimate of drug-likeness (QED) is 0.798. The third-order valence-electron chi connectivity index (χ3n) is 2.40. The molecule has 1 heterocycles. The van der Waals surface area contributed by atoms with Crippen LogP contribution in [0.4, 0.5) is 5.82 Å². The summed E-state index contributed by atoms with van der Waals surface area (Å²) >= 11 is 2.22. The largest absolute Gasteiger partial charge is 0.378 e. The first-order chi connectivity index (χ1) is 8.17. The number of anilines is 1. The summed E-state index contributed by atoms with van der Waals surface area (Å²) in [5, 5.41) is 3.07. The Morgan fingerprint density at radius 2 is 2.06 bits per heavy atom. The van der Waals surface area contributed by atoms with Gasteiger partial charge in [0.1, 0.15) is 11.9 Å². The molecule has 1 aromatic rings. The van der Waals surface area contributed by atoms with Crippen LogP contribution in [0.25, 0.3) is 0 Å². The van der Waals surface area contributed by atoms with E-state index in [-0.39, 0.29) is 6.10 Å². The monoisotopic (exact) mass is 351 g/mol. The predicted molar refractivity (Wildman–Crippen MR) is 75.0 cm³/mol. The van der Waals surface area contributed by atoms with Gasteiger partial charge in [0.15, 0.2) is 5.82 Å². The lowest BCUT2D eigenvalue weighted by Gasteiger charge is -2.15. The zero-order valence-electron chi connectivity index (χ0n) is 10.6. The molecular weight excluding hydrogens is 333 g/mol. The molecule has 0 aliphatic heterocycles. The summed E-state index contributed by atoms with van der Waals surface area (Å²) in [4.78, 5) is 8.97. The van der Waals surface area contributed by atoms with E-state index < -0.39 is 0 Å². The number of methoxy groups -OCH3 is 2. The van der Waals surface area contributed by atoms with Gasteiger partial charge < -0.3 is 14.8 Å². The SMILES string of the molecule is CCC(OC)c1nc(COC)c(I)c(NC)n1. The zero-order chi connectivity index (χ0) is 12.8. The molecule has 17 heavy (non-hydrogen) atoms. The van der Waals surface area contributed by atoms with Gasteiger partial charge in [-0.15, -0.1) is 0 Å². The van der Waals surface area contributed by atoms with Gasteiger partial charge in [-0.05, 0) is 29.0 Å². The van der Waals surface area contributed by atoms with E-state index in [1.54, 1.807) is 14.2 Å². The molecule has 96 valence electrons. The summed E-state index contributed by atoms with van der Waals surface area (Å²) < 4.78 is 11.5. The highest BCUT2D eigenvalue weighted by Crippen LogP contribution is 2.24. The lowest BCUT2D eigenvalue weighted by molar-refractivity contribution is 0.0917. The van der Waals surface area contributed by atoms with Crippen molar-refractivity contribution in [3.63, 3.8) is 0 Å². The molecule has 0 aliphatic rings. The molecule has 0 aliphatic carbocycles. The molecule has 0 aromatic carbocycles. The molecule has 0 spiro atoms. The number of nitrogens with one attached hydrogen (secondary N) is 1. The summed E-state index contributed by atoms with van der Waals surface area (Å²) in [6, 6.07) is 0. The minimum Gasteiger partial charge on any atom is -0.378 e. The fourth-order valence-corrected chi connectivity index (χ4v) is 2.18. The van der Waals surface area contributed by atoms with E-state index in [9.17, 15) is 0 Å². The molecule has 1 rings (SSSR count). The Labute approximate surface area is 115 Å². The first-order valence-electron chi connectivity index (χ1n) is 5.43. The van der Waals surface area contributed by atoms with Crippen molar-refractivity contribution in [2.75, 3.05) is 26.6 Å². The molecule has 1 N–H and O–H groups in total. The molecular formula is C11H18IN3O2. The highest BCUT2D eigenvalue weighted by Gasteiger charge is 2.17. The van der Waals surface area contributed by atoms with Crippen molar-refractivity contribution in [3.8, 4) is 0 Å². The van der Waals surface area contributed by atoms with Crippen LogP contribution in [0, 0.1) is 3.57 Å². The summed E-state index contributed by atoms with van der Waals surface area (Å²) in [5.41, 5.74) is 0.887. The van der Waals surface area contributed by atoms with E-state index in [4.69, 9.17) is 9.47 Å². The Hall–Kier alpha value is -0.470. The Morgan fingerprint density at radius 3 is 2.53 bits per heavy atom. The van der Waals surface area contributed by atoms with Gasteiger partial charge in [0, 0.05) is 21.3 Å². The molecule has 1 unspecified atom stereocenters. The van der Waals surface area contributed by atoms with E-state index in [0.717, 1.165) is 21.5 Å². The van der Waals surface area contributed by atoms with Crippen LogP contribution in [0.2, 0.25) is 0 Å². The van der Waals surface area contributed by atoms with Crippen molar-refractivity contribution in [1.29, 1.82) is 0 Å². The van der Waals surface area contributed by atoms with E-state index in [0.29, 0.717) is 12.4 Å². The first-order valence-corrected chi connectivity index (χ1v) is 6.51. The minimum absolute atomic E-state index is 0.0743. The van der Waals surface area contributed by atoms with Gasteiger partial charge in [0.05, 0.1) is 15.9 Å². The Balaban J connectivity index is 3.18. The van der Waals surface area contributed by atoms with Crippen LogP contribution in [0.3, 0.4) is 0 Å². The lowest BCUT2D eigenvalue weighted by Crippen LogP contribution is -2.12. The van der Waals surface area contributed by atoms with E-state index in [1.807, 2.05) is 14.0 Å². The van der Waals surface area contributed by atoms with Crippen molar-refractivity contribution >= 4 is 28.4 Å². The maximum absolute atomic E-state index is 5.36. The molecule has 6 heteroatoms. The zero-order valence-corrected chi connectivity index (χ0v) is 12.7. The van der Waals surface area contributed by atoms with Crippen LogP contribution in [0.5, 0.6) is 0 Å². The van der Waals surface area contributed by atoms with Crippen molar-refractivity contribution in [2.45, 2.75) is 26.1 Å². The first kappa shape index (κ1) is 14.6. The maximum atomic E-state index is 5.36. The molecule has 0 radical (unpaired) electrons. The third kappa shape index (κ3) is 3.49. The molecule has 0 bridgehead atoms. The molecule has 0 saturated carbocycles. The second-order valence-electron chi connectivity index (χ2n) is 3.51. The van der Waals surface area contributed by atoms with Crippen LogP contribution in [0.1, 0.15) is 31.0 Å². The van der Waals surface area contributed by atoms with Gasteiger partial charge >= 0.3 is 0 Å². The van der Waals surface area contributed by atoms with Gasteiger partial charge in [-0.3, -0.25) is 0 Å². The number of nitrogens with zero attached hydrogens (tertiary/aromatic N) is 2. The van der Waals surface area contributed by atoms with Crippen LogP contribution in [-0.2, 0) is 16.1 Å². The molecule has 0 fully saturated rings. The average molecular weight is 351 g/mol. The molecule has 1 atom stereocenters. The van der Waals surface area contributed by atoms with Crippen molar-refractivity contribution in [2.24, 2.45) is 0 Å². The van der Waals surface area contributed by atoms with Crippen LogP contribution in [0.15, 0.2) is 0 Å². The summed E-state index contributed by atoms with van der Waals surface area (Å²) in [5.74, 6) is 1.52. The molecule has 5 nitrogen and oxygen atoms in total. The number of hydrogen-bond acceptors (Lipinski definition) is 5. The van der Waals surface area contributed by atoms with E-state index in [1.165, 1.54) is 0 Å². The van der Waals surface area contributed by atoms with Gasteiger partial charge in [-0.25, -0.2) is 9.97 Å². The third-order valence-corrected chi connectivity index (χ3v) is 3.53. The smallest absolute Gasteiger partial charge is 0.159 e. The van der Waals surface area contributed by atoms with Crippen molar-refractivity contribution < 1.29 is 9.47 Å². The summed E-state index contributed by atoms with van der Waals surface area (Å²) in [6.07, 6.45) is 0.766. The average Bonchev–Trinajstić information content (AvgIpc) is 2.34. The number of ether oxygens (including phenoxy) is 2. The lowest BCUT2D eigenvalue weighted by atomic mass is 10.2. The summed E-state index contributed by atoms with van der Waals surface area (Å²) in [6.45, 7) is 2.52. The van der Waals surface area contributed by atoms with Crippen LogP contribution >= 0.6 is 22.6 Å². The number of rotatable bonds is 6. The normalized spacial score (nSPS) is 12.5. The second-order valence-corrected chi connectivity index (χ2v) is 4.59. The minimum atomic E-state index is -0.0743. The molecule has 1 aromatic heterocycles. The highest BCUT2D eigenvalue weighted by atomic mass is 127.